The molecular formula is C13H15N3O2. The molecule has 2 aromatic rings. The molecule has 1 heterocycles. The summed E-state index contributed by atoms with van der Waals surface area (Å²) in [7, 11) is 0. The highest BCUT2D eigenvalue weighted by molar-refractivity contribution is 5.41. The van der Waals surface area contributed by atoms with Gasteiger partial charge in [-0.25, -0.2) is 4.98 Å². The van der Waals surface area contributed by atoms with Crippen molar-refractivity contribution in [3.63, 3.8) is 0 Å². The second-order valence-electron chi connectivity index (χ2n) is 3.98. The van der Waals surface area contributed by atoms with E-state index in [2.05, 4.69) is 4.98 Å². The van der Waals surface area contributed by atoms with Crippen molar-refractivity contribution in [3.8, 4) is 5.75 Å². The predicted molar refractivity (Wildman–Crippen MR) is 69.6 cm³/mol. The van der Waals surface area contributed by atoms with Crippen LogP contribution in [0.1, 0.15) is 5.69 Å². The zero-order valence-electron chi connectivity index (χ0n) is 10.2. The summed E-state index contributed by atoms with van der Waals surface area (Å²) in [4.78, 5) is 15.6. The van der Waals surface area contributed by atoms with E-state index in [1.165, 1.54) is 17.0 Å². The largest absolute Gasteiger partial charge is 0.492 e. The number of nitrogen functional groups attached to an aromatic ring is 1. The lowest BCUT2D eigenvalue weighted by molar-refractivity contribution is 0.295. The summed E-state index contributed by atoms with van der Waals surface area (Å²) in [5.74, 6) is 0.734. The van der Waals surface area contributed by atoms with Crippen molar-refractivity contribution in [2.45, 2.75) is 13.5 Å². The minimum atomic E-state index is -0.0663. The number of rotatable bonds is 4. The smallest absolute Gasteiger partial charge is 0.253 e. The number of nitrogens with two attached hydrogens (primary N) is 1. The Morgan fingerprint density at radius 1 is 1.33 bits per heavy atom. The van der Waals surface area contributed by atoms with Crippen molar-refractivity contribution < 1.29 is 4.74 Å². The molecule has 0 fully saturated rings. The molecule has 2 N–H and O–H groups in total. The average molecular weight is 245 g/mol. The first-order chi connectivity index (χ1) is 8.65. The van der Waals surface area contributed by atoms with Crippen LogP contribution >= 0.6 is 0 Å². The summed E-state index contributed by atoms with van der Waals surface area (Å²) >= 11 is 0. The molecule has 0 spiro atoms. The molecule has 0 saturated carbocycles. The Morgan fingerprint density at radius 3 is 2.72 bits per heavy atom. The highest BCUT2D eigenvalue weighted by Crippen LogP contribution is 2.12. The van der Waals surface area contributed by atoms with E-state index < -0.39 is 0 Å². The van der Waals surface area contributed by atoms with Crippen molar-refractivity contribution in [1.82, 2.24) is 9.55 Å². The van der Waals surface area contributed by atoms with Gasteiger partial charge in [0.05, 0.1) is 12.9 Å². The van der Waals surface area contributed by atoms with Gasteiger partial charge in [-0.1, -0.05) is 0 Å². The van der Waals surface area contributed by atoms with Crippen LogP contribution in [0.2, 0.25) is 0 Å². The minimum Gasteiger partial charge on any atom is -0.492 e. The Kier molecular flexibility index (Phi) is 3.62. The van der Waals surface area contributed by atoms with Crippen LogP contribution in [-0.2, 0) is 6.54 Å². The van der Waals surface area contributed by atoms with E-state index in [1.807, 2.05) is 0 Å². The van der Waals surface area contributed by atoms with E-state index in [4.69, 9.17) is 10.5 Å². The molecule has 0 bridgehead atoms. The quantitative estimate of drug-likeness (QED) is 0.822. The van der Waals surface area contributed by atoms with Crippen LogP contribution in [-0.4, -0.2) is 16.2 Å². The standard InChI is InChI=1S/C13H15N3O2/c1-10-8-13(17)16(9-15-10)6-7-18-12-4-2-11(14)3-5-12/h2-5,8-9H,6-7,14H2,1H3. The number of anilines is 1. The molecule has 18 heavy (non-hydrogen) atoms. The van der Waals surface area contributed by atoms with Gasteiger partial charge < -0.3 is 10.5 Å². The molecule has 0 saturated heterocycles. The van der Waals surface area contributed by atoms with Crippen molar-refractivity contribution >= 4 is 5.69 Å². The first-order valence-electron chi connectivity index (χ1n) is 5.66. The second kappa shape index (κ2) is 5.35. The summed E-state index contributed by atoms with van der Waals surface area (Å²) in [5, 5.41) is 0. The Morgan fingerprint density at radius 2 is 2.06 bits per heavy atom. The van der Waals surface area contributed by atoms with Crippen LogP contribution in [0, 0.1) is 6.92 Å². The van der Waals surface area contributed by atoms with Gasteiger partial charge in [-0.3, -0.25) is 9.36 Å². The van der Waals surface area contributed by atoms with Crippen LogP contribution in [0.25, 0.3) is 0 Å². The second-order valence-corrected chi connectivity index (χ2v) is 3.98. The van der Waals surface area contributed by atoms with Crippen molar-refractivity contribution in [3.05, 3.63) is 52.7 Å². The fourth-order valence-corrected chi connectivity index (χ4v) is 1.51. The van der Waals surface area contributed by atoms with Gasteiger partial charge >= 0.3 is 0 Å². The first kappa shape index (κ1) is 12.2. The molecule has 0 atom stereocenters. The maximum absolute atomic E-state index is 11.6. The number of aromatic nitrogens is 2. The predicted octanol–water partition coefficient (Wildman–Crippen LogP) is 1.21. The molecule has 5 heteroatoms. The molecular weight excluding hydrogens is 230 g/mol. The van der Waals surface area contributed by atoms with Crippen molar-refractivity contribution in [2.75, 3.05) is 12.3 Å². The maximum Gasteiger partial charge on any atom is 0.253 e. The topological polar surface area (TPSA) is 70.1 Å². The number of hydrogen-bond donors (Lipinski definition) is 1. The summed E-state index contributed by atoms with van der Waals surface area (Å²) in [6.45, 7) is 2.67. The molecule has 0 aliphatic heterocycles. The van der Waals surface area contributed by atoms with Crippen LogP contribution in [0.4, 0.5) is 5.69 Å². The molecule has 0 radical (unpaired) electrons. The van der Waals surface area contributed by atoms with Gasteiger partial charge in [0.25, 0.3) is 5.56 Å². The molecule has 0 aliphatic rings. The van der Waals surface area contributed by atoms with E-state index in [-0.39, 0.29) is 5.56 Å². The van der Waals surface area contributed by atoms with Gasteiger partial charge in [0, 0.05) is 17.4 Å². The number of aryl methyl sites for hydroxylation is 1. The molecule has 0 unspecified atom stereocenters. The lowest BCUT2D eigenvalue weighted by Crippen LogP contribution is -2.23. The van der Waals surface area contributed by atoms with Gasteiger partial charge in [-0.05, 0) is 31.2 Å². The Hall–Kier alpha value is -2.30. The van der Waals surface area contributed by atoms with E-state index in [9.17, 15) is 4.79 Å². The number of nitrogens with zero attached hydrogens (tertiary/aromatic N) is 2. The van der Waals surface area contributed by atoms with E-state index in [1.54, 1.807) is 31.2 Å². The van der Waals surface area contributed by atoms with E-state index in [0.29, 0.717) is 18.8 Å². The minimum absolute atomic E-state index is 0.0663. The number of ether oxygens (including phenoxy) is 1. The Balaban J connectivity index is 1.92. The van der Waals surface area contributed by atoms with Crippen molar-refractivity contribution in [1.29, 1.82) is 0 Å². The molecule has 2 rings (SSSR count). The summed E-state index contributed by atoms with van der Waals surface area (Å²) in [5.41, 5.74) is 6.92. The Labute approximate surface area is 105 Å². The van der Waals surface area contributed by atoms with Crippen LogP contribution in [0.15, 0.2) is 41.5 Å². The lowest BCUT2D eigenvalue weighted by atomic mass is 10.3. The summed E-state index contributed by atoms with van der Waals surface area (Å²) in [6.07, 6.45) is 1.53. The molecule has 94 valence electrons. The van der Waals surface area contributed by atoms with Gasteiger partial charge in [0.2, 0.25) is 0 Å². The summed E-state index contributed by atoms with van der Waals surface area (Å²) < 4.78 is 7.03. The normalized spacial score (nSPS) is 10.3. The third-order valence-electron chi connectivity index (χ3n) is 2.50. The fourth-order valence-electron chi connectivity index (χ4n) is 1.51. The van der Waals surface area contributed by atoms with Gasteiger partial charge in [0.15, 0.2) is 0 Å². The molecule has 1 aromatic heterocycles. The zero-order chi connectivity index (χ0) is 13.0. The zero-order valence-corrected chi connectivity index (χ0v) is 10.2. The third-order valence-corrected chi connectivity index (χ3v) is 2.50. The van der Waals surface area contributed by atoms with Crippen LogP contribution in [0.3, 0.4) is 0 Å². The highest BCUT2D eigenvalue weighted by atomic mass is 16.5. The number of hydrogen-bond acceptors (Lipinski definition) is 4. The number of benzene rings is 1. The van der Waals surface area contributed by atoms with Crippen LogP contribution < -0.4 is 16.0 Å². The molecule has 0 amide bonds. The van der Waals surface area contributed by atoms with Gasteiger partial charge in [-0.15, -0.1) is 0 Å². The van der Waals surface area contributed by atoms with Crippen molar-refractivity contribution in [2.24, 2.45) is 0 Å². The Bertz CT molecular complexity index is 576. The highest BCUT2D eigenvalue weighted by Gasteiger charge is 1.98. The van der Waals surface area contributed by atoms with E-state index in [0.717, 1.165) is 11.4 Å². The monoisotopic (exact) mass is 245 g/mol. The fraction of sp³-hybridized carbons (Fsp3) is 0.231. The maximum atomic E-state index is 11.6. The van der Waals surface area contributed by atoms with Crippen LogP contribution in [0.5, 0.6) is 5.75 Å². The summed E-state index contributed by atoms with van der Waals surface area (Å²) in [6, 6.07) is 8.64. The third kappa shape index (κ3) is 3.10. The average Bonchev–Trinajstić information content (AvgIpc) is 2.34. The van der Waals surface area contributed by atoms with E-state index >= 15 is 0 Å². The molecule has 1 aromatic carbocycles. The lowest BCUT2D eigenvalue weighted by Gasteiger charge is -2.08. The van der Waals surface area contributed by atoms with Gasteiger partial charge in [0.1, 0.15) is 12.4 Å². The molecule has 0 aliphatic carbocycles. The molecule has 5 nitrogen and oxygen atoms in total. The van der Waals surface area contributed by atoms with Gasteiger partial charge in [-0.2, -0.15) is 0 Å². The first-order valence-corrected chi connectivity index (χ1v) is 5.66. The SMILES string of the molecule is Cc1cc(=O)n(CCOc2ccc(N)cc2)cn1.